The lowest BCUT2D eigenvalue weighted by atomic mass is 10.0. The molecule has 1 aromatic carbocycles. The molecule has 0 amide bonds. The molecule has 0 spiro atoms. The van der Waals surface area contributed by atoms with E-state index in [1.807, 2.05) is 11.0 Å². The average molecular weight is 239 g/mol. The van der Waals surface area contributed by atoms with E-state index in [0.29, 0.717) is 38.5 Å². The molecule has 1 aliphatic rings. The molecule has 1 aliphatic heterocycles. The number of hydrogen-bond donors (Lipinski definition) is 2. The highest BCUT2D eigenvalue weighted by molar-refractivity contribution is 5.56. The summed E-state index contributed by atoms with van der Waals surface area (Å²) in [5, 5.41) is 0. The van der Waals surface area contributed by atoms with E-state index in [1.165, 1.54) is 6.07 Å². The van der Waals surface area contributed by atoms with Crippen molar-refractivity contribution in [3.8, 4) is 0 Å². The normalized spacial score (nSPS) is 18.2. The maximum atomic E-state index is 14.0. The number of morpholine rings is 1. The van der Waals surface area contributed by atoms with Crippen molar-refractivity contribution in [2.24, 2.45) is 11.5 Å². The van der Waals surface area contributed by atoms with Crippen molar-refractivity contribution >= 4 is 5.69 Å². The Morgan fingerprint density at radius 2 is 2.06 bits per heavy atom. The smallest absolute Gasteiger partial charge is 0.146 e. The fraction of sp³-hybridized carbons (Fsp3) is 0.500. The van der Waals surface area contributed by atoms with Crippen molar-refractivity contribution in [3.05, 3.63) is 29.6 Å². The standard InChI is InChI=1S/C12H18FN3O/c13-10-3-1-2-9(11(15)8-14)12(10)16-4-6-17-7-5-16/h1-3,11H,4-8,14-15H2/t11-/m1/s1. The third-order valence-electron chi connectivity index (χ3n) is 3.00. The summed E-state index contributed by atoms with van der Waals surface area (Å²) >= 11 is 0. The summed E-state index contributed by atoms with van der Waals surface area (Å²) in [5.74, 6) is -0.242. The largest absolute Gasteiger partial charge is 0.378 e. The molecule has 0 unspecified atom stereocenters. The number of nitrogens with zero attached hydrogens (tertiary/aromatic N) is 1. The van der Waals surface area contributed by atoms with E-state index >= 15 is 0 Å². The summed E-state index contributed by atoms with van der Waals surface area (Å²) in [4.78, 5) is 1.98. The molecule has 1 aromatic rings. The first-order chi connectivity index (χ1) is 8.24. The summed E-state index contributed by atoms with van der Waals surface area (Å²) in [6, 6.07) is 4.64. The maximum absolute atomic E-state index is 14.0. The van der Waals surface area contributed by atoms with Crippen LogP contribution in [0.5, 0.6) is 0 Å². The van der Waals surface area contributed by atoms with Crippen molar-refractivity contribution < 1.29 is 9.13 Å². The molecule has 0 aromatic heterocycles. The van der Waals surface area contributed by atoms with Crippen molar-refractivity contribution in [1.82, 2.24) is 0 Å². The van der Waals surface area contributed by atoms with E-state index in [4.69, 9.17) is 16.2 Å². The molecule has 2 rings (SSSR count). The summed E-state index contributed by atoms with van der Waals surface area (Å²) < 4.78 is 19.2. The molecule has 0 saturated carbocycles. The minimum atomic E-state index is -0.330. The van der Waals surface area contributed by atoms with Crippen LogP contribution in [0.15, 0.2) is 18.2 Å². The second kappa shape index (κ2) is 5.44. The van der Waals surface area contributed by atoms with Crippen LogP contribution in [0.2, 0.25) is 0 Å². The van der Waals surface area contributed by atoms with Gasteiger partial charge in [-0.25, -0.2) is 4.39 Å². The average Bonchev–Trinajstić information content (AvgIpc) is 2.38. The Hall–Kier alpha value is -1.17. The maximum Gasteiger partial charge on any atom is 0.146 e. The molecular formula is C12H18FN3O. The van der Waals surface area contributed by atoms with E-state index in [2.05, 4.69) is 0 Å². The van der Waals surface area contributed by atoms with Gasteiger partial charge < -0.3 is 21.1 Å². The highest BCUT2D eigenvalue weighted by Gasteiger charge is 2.20. The van der Waals surface area contributed by atoms with E-state index in [-0.39, 0.29) is 11.9 Å². The molecule has 5 heteroatoms. The van der Waals surface area contributed by atoms with Crippen molar-refractivity contribution in [1.29, 1.82) is 0 Å². The third kappa shape index (κ3) is 2.57. The molecule has 1 atom stereocenters. The van der Waals surface area contributed by atoms with Gasteiger partial charge in [-0.05, 0) is 11.6 Å². The van der Waals surface area contributed by atoms with Crippen LogP contribution in [0, 0.1) is 5.82 Å². The van der Waals surface area contributed by atoms with E-state index in [0.717, 1.165) is 5.56 Å². The van der Waals surface area contributed by atoms with Crippen LogP contribution in [0.3, 0.4) is 0 Å². The predicted octanol–water partition coefficient (Wildman–Crippen LogP) is 0.621. The lowest BCUT2D eigenvalue weighted by Crippen LogP contribution is -2.38. The number of ether oxygens (including phenoxy) is 1. The van der Waals surface area contributed by atoms with Crippen LogP contribution in [0.25, 0.3) is 0 Å². The molecule has 1 fully saturated rings. The Morgan fingerprint density at radius 3 is 2.71 bits per heavy atom. The minimum absolute atomic E-state index is 0.242. The first-order valence-electron chi connectivity index (χ1n) is 5.80. The van der Waals surface area contributed by atoms with E-state index in [9.17, 15) is 4.39 Å². The number of para-hydroxylation sites is 1. The highest BCUT2D eigenvalue weighted by atomic mass is 19.1. The molecule has 0 aliphatic carbocycles. The van der Waals surface area contributed by atoms with Gasteiger partial charge in [-0.15, -0.1) is 0 Å². The summed E-state index contributed by atoms with van der Waals surface area (Å²) in [7, 11) is 0. The first kappa shape index (κ1) is 12.3. The number of halogens is 1. The van der Waals surface area contributed by atoms with Gasteiger partial charge in [0.05, 0.1) is 18.9 Å². The van der Waals surface area contributed by atoms with Crippen LogP contribution >= 0.6 is 0 Å². The number of rotatable bonds is 3. The van der Waals surface area contributed by atoms with Gasteiger partial charge in [0.1, 0.15) is 5.82 Å². The molecule has 94 valence electrons. The molecule has 17 heavy (non-hydrogen) atoms. The van der Waals surface area contributed by atoms with Crippen molar-refractivity contribution in [2.75, 3.05) is 37.7 Å². The fourth-order valence-corrected chi connectivity index (χ4v) is 2.08. The monoisotopic (exact) mass is 239 g/mol. The number of nitrogens with two attached hydrogens (primary N) is 2. The topological polar surface area (TPSA) is 64.5 Å². The summed E-state index contributed by atoms with van der Waals surface area (Å²) in [6.45, 7) is 2.91. The Kier molecular flexibility index (Phi) is 3.93. The van der Waals surface area contributed by atoms with Gasteiger partial charge in [0.25, 0.3) is 0 Å². The lowest BCUT2D eigenvalue weighted by molar-refractivity contribution is 0.122. The zero-order valence-electron chi connectivity index (χ0n) is 9.73. The summed E-state index contributed by atoms with van der Waals surface area (Å²) in [5.41, 5.74) is 12.8. The van der Waals surface area contributed by atoms with Crippen LogP contribution in [0.4, 0.5) is 10.1 Å². The van der Waals surface area contributed by atoms with Crippen molar-refractivity contribution in [3.63, 3.8) is 0 Å². The van der Waals surface area contributed by atoms with Crippen LogP contribution in [0.1, 0.15) is 11.6 Å². The van der Waals surface area contributed by atoms with Gasteiger partial charge >= 0.3 is 0 Å². The third-order valence-corrected chi connectivity index (χ3v) is 3.00. The molecular weight excluding hydrogens is 221 g/mol. The Labute approximate surface area is 100 Å². The molecule has 0 bridgehead atoms. The minimum Gasteiger partial charge on any atom is -0.378 e. The van der Waals surface area contributed by atoms with E-state index < -0.39 is 0 Å². The van der Waals surface area contributed by atoms with E-state index in [1.54, 1.807) is 6.07 Å². The van der Waals surface area contributed by atoms with Gasteiger partial charge in [-0.2, -0.15) is 0 Å². The van der Waals surface area contributed by atoms with Gasteiger partial charge in [-0.3, -0.25) is 0 Å². The molecule has 4 nitrogen and oxygen atoms in total. The Balaban J connectivity index is 2.35. The SMILES string of the molecule is NC[C@@H](N)c1cccc(F)c1N1CCOCC1. The molecule has 0 radical (unpaired) electrons. The lowest BCUT2D eigenvalue weighted by Gasteiger charge is -2.31. The highest BCUT2D eigenvalue weighted by Crippen LogP contribution is 2.28. The predicted molar refractivity (Wildman–Crippen MR) is 65.4 cm³/mol. The first-order valence-corrected chi connectivity index (χ1v) is 5.80. The number of anilines is 1. The zero-order chi connectivity index (χ0) is 12.3. The van der Waals surface area contributed by atoms with Crippen LogP contribution < -0.4 is 16.4 Å². The van der Waals surface area contributed by atoms with Gasteiger partial charge in [0.2, 0.25) is 0 Å². The van der Waals surface area contributed by atoms with Gasteiger partial charge in [-0.1, -0.05) is 12.1 Å². The molecule has 1 saturated heterocycles. The van der Waals surface area contributed by atoms with Crippen molar-refractivity contribution in [2.45, 2.75) is 6.04 Å². The second-order valence-corrected chi connectivity index (χ2v) is 4.12. The van der Waals surface area contributed by atoms with Crippen LogP contribution in [-0.2, 0) is 4.74 Å². The fourth-order valence-electron chi connectivity index (χ4n) is 2.08. The molecule has 4 N–H and O–H groups in total. The Bertz CT molecular complexity index is 380. The number of hydrogen-bond acceptors (Lipinski definition) is 4. The second-order valence-electron chi connectivity index (χ2n) is 4.12. The zero-order valence-corrected chi connectivity index (χ0v) is 9.73. The summed E-state index contributed by atoms with van der Waals surface area (Å²) in [6.07, 6.45) is 0. The van der Waals surface area contributed by atoms with Gasteiger partial charge in [0.15, 0.2) is 0 Å². The Morgan fingerprint density at radius 1 is 1.35 bits per heavy atom. The van der Waals surface area contributed by atoms with Gasteiger partial charge in [0, 0.05) is 25.7 Å². The molecule has 1 heterocycles. The number of benzene rings is 1. The quantitative estimate of drug-likeness (QED) is 0.811. The van der Waals surface area contributed by atoms with Crippen LogP contribution in [-0.4, -0.2) is 32.8 Å².